The molecule has 0 radical (unpaired) electrons. The molecule has 0 saturated heterocycles. The number of nitro groups is 1. The zero-order valence-corrected chi connectivity index (χ0v) is 42.2. The SMILES string of the molecule is CC1=NN(c2ccc(NC(=O)c3ccc(N=Nc4c(S(=O)(=O)O)cc5cc(N6N=C(C)C(N=Nc7cc(S(=O)(=O)O)cc([N+](=O)[O-])c7O)C6=O)ccc5c4O)c(C)c3)cc2)C(=O)C1N=Nc1cc(S(=O)(=O)O)cc(Cl)c1O. The molecule has 0 spiro atoms. The number of hydrogen-bond acceptors (Lipinski definition) is 22. The minimum absolute atomic E-state index is 0.0150. The number of halogens is 1. The van der Waals surface area contributed by atoms with Gasteiger partial charge in [-0.3, -0.25) is 38.2 Å². The van der Waals surface area contributed by atoms with Gasteiger partial charge in [-0.15, -0.1) is 5.11 Å². The van der Waals surface area contributed by atoms with E-state index < -0.39 is 125 Å². The maximum absolute atomic E-state index is 13.5. The topological polar surface area (TPSA) is 436 Å². The van der Waals surface area contributed by atoms with Crippen LogP contribution in [-0.2, 0) is 39.9 Å². The Morgan fingerprint density at radius 1 is 0.649 bits per heavy atom. The average molecular weight is 1130 g/mol. The van der Waals surface area contributed by atoms with Crippen LogP contribution in [0.4, 0.5) is 45.5 Å². The summed E-state index contributed by atoms with van der Waals surface area (Å²) >= 11 is 5.87. The van der Waals surface area contributed by atoms with Crippen molar-refractivity contribution in [2.45, 2.75) is 47.5 Å². The zero-order chi connectivity index (χ0) is 56.2. The maximum atomic E-state index is 13.5. The molecule has 2 heterocycles. The highest BCUT2D eigenvalue weighted by Crippen LogP contribution is 2.44. The Hall–Kier alpha value is -9.05. The number of fused-ring (bicyclic) bond motifs is 1. The number of amides is 3. The number of carbonyl (C=O) groups excluding carboxylic acids is 3. The van der Waals surface area contributed by atoms with Gasteiger partial charge in [0.2, 0.25) is 5.75 Å². The van der Waals surface area contributed by atoms with Crippen molar-refractivity contribution < 1.29 is 73.5 Å². The number of benzene rings is 6. The summed E-state index contributed by atoms with van der Waals surface area (Å²) in [6.45, 7) is 4.37. The summed E-state index contributed by atoms with van der Waals surface area (Å²) in [5.41, 5.74) is -1.79. The molecule has 2 aliphatic rings. The third-order valence-corrected chi connectivity index (χ3v) is 14.1. The monoisotopic (exact) mass is 1130 g/mol. The Balaban J connectivity index is 0.957. The number of aryl methyl sites for hydroxylation is 1. The molecule has 0 bridgehead atoms. The molecule has 2 atom stereocenters. The molecule has 77 heavy (non-hydrogen) atoms. The molecule has 8 rings (SSSR count). The van der Waals surface area contributed by atoms with Crippen LogP contribution in [-0.4, -0.2) is 100 Å². The lowest BCUT2D eigenvalue weighted by molar-refractivity contribution is -0.386. The number of phenols is 3. The van der Waals surface area contributed by atoms with E-state index in [1.54, 1.807) is 6.92 Å². The third-order valence-electron chi connectivity index (χ3n) is 11.3. The van der Waals surface area contributed by atoms with Crippen LogP contribution in [0.25, 0.3) is 10.8 Å². The maximum Gasteiger partial charge on any atom is 0.314 e. The number of carbonyl (C=O) groups is 3. The van der Waals surface area contributed by atoms with Crippen LogP contribution in [0, 0.1) is 17.0 Å². The van der Waals surface area contributed by atoms with Crippen molar-refractivity contribution in [3.05, 3.63) is 117 Å². The quantitative estimate of drug-likeness (QED) is 0.0235. The summed E-state index contributed by atoms with van der Waals surface area (Å²) < 4.78 is 101. The number of nitrogens with zero attached hydrogens (tertiary/aromatic N) is 11. The molecule has 7 N–H and O–H groups in total. The Bertz CT molecular complexity index is 4100. The largest absolute Gasteiger partial charge is 0.505 e. The van der Waals surface area contributed by atoms with E-state index in [-0.39, 0.29) is 50.5 Å². The van der Waals surface area contributed by atoms with Gasteiger partial charge < -0.3 is 20.6 Å². The highest BCUT2D eigenvalue weighted by Gasteiger charge is 2.37. The van der Waals surface area contributed by atoms with Crippen LogP contribution >= 0.6 is 11.6 Å². The number of phenolic OH excluding ortho intramolecular Hbond substituents is 3. The fourth-order valence-corrected chi connectivity index (χ4v) is 9.37. The molecule has 29 nitrogen and oxygen atoms in total. The smallest absolute Gasteiger partial charge is 0.314 e. The first-order valence-electron chi connectivity index (χ1n) is 21.3. The van der Waals surface area contributed by atoms with Gasteiger partial charge in [0.1, 0.15) is 26.9 Å². The van der Waals surface area contributed by atoms with Gasteiger partial charge in [-0.25, -0.2) is 0 Å². The van der Waals surface area contributed by atoms with E-state index in [0.29, 0.717) is 17.7 Å². The van der Waals surface area contributed by atoms with Crippen molar-refractivity contribution >= 4 is 127 Å². The molecular weight excluding hydrogens is 1100 g/mol. The Morgan fingerprint density at radius 2 is 1.19 bits per heavy atom. The normalized spacial score (nSPS) is 16.4. The van der Waals surface area contributed by atoms with E-state index >= 15 is 0 Å². The zero-order valence-electron chi connectivity index (χ0n) is 39.0. The van der Waals surface area contributed by atoms with Gasteiger partial charge in [0, 0.05) is 22.7 Å². The predicted molar refractivity (Wildman–Crippen MR) is 270 cm³/mol. The van der Waals surface area contributed by atoms with Gasteiger partial charge in [0.15, 0.2) is 23.6 Å². The second-order valence-corrected chi connectivity index (χ2v) is 21.1. The molecule has 2 aliphatic heterocycles. The second-order valence-electron chi connectivity index (χ2n) is 16.5. The fraction of sp³-hybridized carbons (Fsp3) is 0.114. The number of rotatable bonds is 14. The molecule has 6 aromatic rings. The van der Waals surface area contributed by atoms with Crippen LogP contribution in [0.5, 0.6) is 17.2 Å². The summed E-state index contributed by atoms with van der Waals surface area (Å²) in [4.78, 5) is 47.9. The van der Waals surface area contributed by atoms with Crippen molar-refractivity contribution in [2.75, 3.05) is 15.3 Å². The molecule has 2 unspecified atom stereocenters. The minimum Gasteiger partial charge on any atom is -0.505 e. The lowest BCUT2D eigenvalue weighted by atomic mass is 10.1. The number of aromatic hydroxyl groups is 3. The van der Waals surface area contributed by atoms with E-state index in [2.05, 4.69) is 46.2 Å². The van der Waals surface area contributed by atoms with Crippen molar-refractivity contribution in [1.29, 1.82) is 0 Å². The highest BCUT2D eigenvalue weighted by molar-refractivity contribution is 7.86. The van der Waals surface area contributed by atoms with E-state index in [0.717, 1.165) is 28.2 Å². The molecule has 0 saturated carbocycles. The number of azo groups is 3. The Labute approximate surface area is 437 Å². The fourth-order valence-electron chi connectivity index (χ4n) is 7.38. The lowest BCUT2D eigenvalue weighted by Crippen LogP contribution is -2.29. The van der Waals surface area contributed by atoms with Gasteiger partial charge >= 0.3 is 5.69 Å². The van der Waals surface area contributed by atoms with E-state index in [4.69, 9.17) is 11.6 Å². The molecule has 0 aliphatic carbocycles. The summed E-state index contributed by atoms with van der Waals surface area (Å²) in [5.74, 6) is -4.70. The second kappa shape index (κ2) is 20.2. The molecule has 396 valence electrons. The summed E-state index contributed by atoms with van der Waals surface area (Å²) in [6, 6.07) is 14.5. The Kier molecular flexibility index (Phi) is 14.3. The first-order chi connectivity index (χ1) is 36.0. The molecular formula is C44H33ClN12O17S3. The van der Waals surface area contributed by atoms with Crippen molar-refractivity contribution in [3.8, 4) is 17.2 Å². The first kappa shape index (κ1) is 54.2. The van der Waals surface area contributed by atoms with E-state index in [9.17, 15) is 78.7 Å². The molecule has 0 aromatic heterocycles. The van der Waals surface area contributed by atoms with Crippen LogP contribution in [0.2, 0.25) is 5.02 Å². The minimum atomic E-state index is -5.15. The van der Waals surface area contributed by atoms with Gasteiger partial charge in [-0.2, -0.15) is 71.0 Å². The number of nitro benzene ring substituents is 1. The summed E-state index contributed by atoms with van der Waals surface area (Å²) in [5, 5.41) is 78.7. The number of hydrogen-bond donors (Lipinski definition) is 7. The third kappa shape index (κ3) is 11.0. The van der Waals surface area contributed by atoms with Crippen LogP contribution in [0.1, 0.15) is 29.8 Å². The Morgan fingerprint density at radius 3 is 1.74 bits per heavy atom. The molecule has 3 amide bonds. The predicted octanol–water partition coefficient (Wildman–Crippen LogP) is 7.98. The number of nitrogens with one attached hydrogen (secondary N) is 1. The summed E-state index contributed by atoms with van der Waals surface area (Å²) in [6.07, 6.45) is 0. The van der Waals surface area contributed by atoms with Gasteiger partial charge in [0.25, 0.3) is 48.1 Å². The van der Waals surface area contributed by atoms with Crippen molar-refractivity contribution in [2.24, 2.45) is 40.9 Å². The van der Waals surface area contributed by atoms with Gasteiger partial charge in [-0.1, -0.05) is 11.6 Å². The average Bonchev–Trinajstić information content (AvgIpc) is 3.82. The van der Waals surface area contributed by atoms with Crippen LogP contribution in [0.15, 0.2) is 147 Å². The number of hydrazone groups is 2. The van der Waals surface area contributed by atoms with Crippen molar-refractivity contribution in [3.63, 3.8) is 0 Å². The highest BCUT2D eigenvalue weighted by atomic mass is 35.5. The van der Waals surface area contributed by atoms with E-state index in [1.165, 1.54) is 74.5 Å². The van der Waals surface area contributed by atoms with Crippen molar-refractivity contribution in [1.82, 2.24) is 0 Å². The molecule has 0 fully saturated rings. The van der Waals surface area contributed by atoms with Gasteiger partial charge in [0.05, 0.1) is 43.3 Å². The van der Waals surface area contributed by atoms with E-state index in [1.807, 2.05) is 0 Å². The van der Waals surface area contributed by atoms with Crippen LogP contribution < -0.4 is 15.3 Å². The van der Waals surface area contributed by atoms with Gasteiger partial charge in [-0.05, 0) is 117 Å². The number of anilines is 3. The van der Waals surface area contributed by atoms with Crippen LogP contribution in [0.3, 0.4) is 0 Å². The lowest BCUT2D eigenvalue weighted by Gasteiger charge is -2.15. The molecule has 6 aromatic carbocycles. The molecule has 33 heteroatoms. The standard InChI is InChI=1S/C44H33ClN12O17S3/c1-19-12-22(42(61)46-24-5-7-25(8-6-24)55-43(62)36(20(2)53-55)50-48-32-16-27(75(66,67)68)15-30(45)40(32)59)4-11-31(19)47-52-38-35(77(72,73)74)14-23-13-26(9-10-29(23)39(38)58)56-44(63)37(21(3)54-56)51-49-33-17-28(76(69,70)71)18-34(41(33)60)57(64)65/h4-18,36-37,58-60H,1-3H3,(H,46,61)(H,66,67,68)(H,69,70,71)(H,72,73,74). The summed E-state index contributed by atoms with van der Waals surface area (Å²) in [7, 11) is -14.9. The first-order valence-corrected chi connectivity index (χ1v) is 26.0.